The second-order valence-electron chi connectivity index (χ2n) is 4.90. The summed E-state index contributed by atoms with van der Waals surface area (Å²) in [5, 5.41) is 10.4. The van der Waals surface area contributed by atoms with E-state index in [1.807, 2.05) is 42.5 Å². The van der Waals surface area contributed by atoms with E-state index in [-0.39, 0.29) is 0 Å². The summed E-state index contributed by atoms with van der Waals surface area (Å²) in [6, 6.07) is 20.5. The number of rotatable bonds is 3. The molecule has 0 fully saturated rings. The van der Waals surface area contributed by atoms with Crippen molar-refractivity contribution >= 4 is 34.9 Å². The lowest BCUT2D eigenvalue weighted by atomic mass is 10.1. The second kappa shape index (κ2) is 6.75. The number of furan rings is 1. The molecule has 0 aliphatic heterocycles. The van der Waals surface area contributed by atoms with Gasteiger partial charge in [0.1, 0.15) is 11.5 Å². The van der Waals surface area contributed by atoms with E-state index < -0.39 is 0 Å². The smallest absolute Gasteiger partial charge is 0.134 e. The van der Waals surface area contributed by atoms with Crippen molar-refractivity contribution in [3.05, 3.63) is 82.0 Å². The fraction of sp³-hybridized carbons (Fsp3) is 0. The predicted molar refractivity (Wildman–Crippen MR) is 94.1 cm³/mol. The Morgan fingerprint density at radius 1 is 0.957 bits per heavy atom. The normalized spacial score (nSPS) is 11.3. The van der Waals surface area contributed by atoms with Gasteiger partial charge in [0, 0.05) is 15.6 Å². The van der Waals surface area contributed by atoms with Crippen LogP contribution < -0.4 is 0 Å². The van der Waals surface area contributed by atoms with Crippen molar-refractivity contribution in [2.75, 3.05) is 0 Å². The molecule has 0 amide bonds. The molecule has 0 radical (unpaired) electrons. The molecule has 23 heavy (non-hydrogen) atoms. The zero-order valence-corrected chi connectivity index (χ0v) is 13.5. The number of allylic oxidation sites excluding steroid dienone is 1. The van der Waals surface area contributed by atoms with Crippen molar-refractivity contribution in [3.63, 3.8) is 0 Å². The molecule has 3 rings (SSSR count). The lowest BCUT2D eigenvalue weighted by molar-refractivity contribution is 0.572. The third-order valence-electron chi connectivity index (χ3n) is 3.27. The van der Waals surface area contributed by atoms with Gasteiger partial charge in [0.25, 0.3) is 0 Å². The van der Waals surface area contributed by atoms with E-state index >= 15 is 0 Å². The van der Waals surface area contributed by atoms with Gasteiger partial charge in [0.05, 0.1) is 11.6 Å². The molecule has 0 saturated carbocycles. The Morgan fingerprint density at radius 2 is 1.65 bits per heavy atom. The molecule has 2 nitrogen and oxygen atoms in total. The van der Waals surface area contributed by atoms with Crippen LogP contribution in [0, 0.1) is 11.3 Å². The maximum Gasteiger partial charge on any atom is 0.134 e. The minimum Gasteiger partial charge on any atom is -0.457 e. The van der Waals surface area contributed by atoms with E-state index in [1.54, 1.807) is 24.3 Å². The number of hydrogen-bond acceptors (Lipinski definition) is 2. The number of nitriles is 1. The number of benzene rings is 2. The van der Waals surface area contributed by atoms with Gasteiger partial charge in [-0.1, -0.05) is 53.5 Å². The Hall–Kier alpha value is -2.47. The van der Waals surface area contributed by atoms with Crippen molar-refractivity contribution < 1.29 is 4.42 Å². The van der Waals surface area contributed by atoms with Crippen LogP contribution in [-0.4, -0.2) is 0 Å². The fourth-order valence-corrected chi connectivity index (χ4v) is 2.75. The number of nitrogens with zero attached hydrogens (tertiary/aromatic N) is 1. The molecule has 112 valence electrons. The van der Waals surface area contributed by atoms with Crippen LogP contribution in [0.5, 0.6) is 0 Å². The Balaban J connectivity index is 1.96. The van der Waals surface area contributed by atoms with Crippen LogP contribution in [0.15, 0.2) is 65.1 Å². The molecule has 1 aromatic heterocycles. The number of hydrogen-bond donors (Lipinski definition) is 0. The van der Waals surface area contributed by atoms with Crippen LogP contribution in [0.25, 0.3) is 23.0 Å². The van der Waals surface area contributed by atoms with Crippen molar-refractivity contribution in [1.82, 2.24) is 0 Å². The van der Waals surface area contributed by atoms with Crippen molar-refractivity contribution in [3.8, 4) is 17.4 Å². The zero-order valence-electron chi connectivity index (χ0n) is 12.0. The van der Waals surface area contributed by atoms with E-state index in [2.05, 4.69) is 6.07 Å². The summed E-state index contributed by atoms with van der Waals surface area (Å²) in [5.74, 6) is 1.24. The van der Waals surface area contributed by atoms with E-state index in [9.17, 15) is 5.26 Å². The molecule has 0 unspecified atom stereocenters. The summed E-state index contributed by atoms with van der Waals surface area (Å²) < 4.78 is 5.79. The average molecular weight is 340 g/mol. The number of halogens is 2. The van der Waals surface area contributed by atoms with E-state index in [4.69, 9.17) is 27.6 Å². The van der Waals surface area contributed by atoms with Crippen molar-refractivity contribution in [2.45, 2.75) is 0 Å². The topological polar surface area (TPSA) is 36.9 Å². The molecule has 0 spiro atoms. The van der Waals surface area contributed by atoms with Crippen LogP contribution in [0.2, 0.25) is 10.0 Å². The Kier molecular flexibility index (Phi) is 4.52. The quantitative estimate of drug-likeness (QED) is 0.523. The summed E-state index contributed by atoms with van der Waals surface area (Å²) in [6.45, 7) is 0. The molecule has 0 N–H and O–H groups in total. The highest BCUT2D eigenvalue weighted by atomic mass is 35.5. The first-order chi connectivity index (χ1) is 11.2. The molecule has 0 atom stereocenters. The van der Waals surface area contributed by atoms with Crippen molar-refractivity contribution in [1.29, 1.82) is 5.26 Å². The lowest BCUT2D eigenvalue weighted by Crippen LogP contribution is -1.79. The highest BCUT2D eigenvalue weighted by molar-refractivity contribution is 6.35. The SMILES string of the molecule is N#C/C(=C\c1ccc(-c2cc(Cl)cc(Cl)c2)o1)c1ccccc1. The van der Waals surface area contributed by atoms with E-state index in [1.165, 1.54) is 0 Å². The average Bonchev–Trinajstić information content (AvgIpc) is 3.01. The maximum absolute atomic E-state index is 9.34. The van der Waals surface area contributed by atoms with Gasteiger partial charge in [0.2, 0.25) is 0 Å². The van der Waals surface area contributed by atoms with Gasteiger partial charge < -0.3 is 4.42 Å². The van der Waals surface area contributed by atoms with Crippen molar-refractivity contribution in [2.24, 2.45) is 0 Å². The third-order valence-corrected chi connectivity index (χ3v) is 3.70. The molecule has 0 aliphatic rings. The summed E-state index contributed by atoms with van der Waals surface area (Å²) in [4.78, 5) is 0. The third kappa shape index (κ3) is 3.65. The zero-order chi connectivity index (χ0) is 16.2. The molecule has 1 heterocycles. The molecule has 3 aromatic rings. The summed E-state index contributed by atoms with van der Waals surface area (Å²) in [6.07, 6.45) is 1.71. The first-order valence-corrected chi connectivity index (χ1v) is 7.65. The standard InChI is InChI=1S/C19H11Cl2NO/c20-16-8-14(9-17(21)11-16)19-7-6-18(23-19)10-15(12-22)13-4-2-1-3-5-13/h1-11H/b15-10+. The van der Waals surface area contributed by atoms with Gasteiger partial charge in [-0.2, -0.15) is 5.26 Å². The van der Waals surface area contributed by atoms with E-state index in [0.29, 0.717) is 27.1 Å². The highest BCUT2D eigenvalue weighted by Crippen LogP contribution is 2.29. The van der Waals surface area contributed by atoms with E-state index in [0.717, 1.165) is 11.1 Å². The molecular formula is C19H11Cl2NO. The molecule has 0 saturated heterocycles. The fourth-order valence-electron chi connectivity index (χ4n) is 2.22. The molecule has 0 bridgehead atoms. The summed E-state index contributed by atoms with van der Waals surface area (Å²) >= 11 is 12.0. The second-order valence-corrected chi connectivity index (χ2v) is 5.77. The van der Waals surface area contributed by atoms with Gasteiger partial charge in [-0.25, -0.2) is 0 Å². The van der Waals surface area contributed by atoms with Crippen LogP contribution in [0.3, 0.4) is 0 Å². The van der Waals surface area contributed by atoms with Crippen LogP contribution in [0.1, 0.15) is 11.3 Å². The monoisotopic (exact) mass is 339 g/mol. The van der Waals surface area contributed by atoms with Gasteiger partial charge in [-0.3, -0.25) is 0 Å². The minimum atomic E-state index is 0.538. The lowest BCUT2D eigenvalue weighted by Gasteiger charge is -2.00. The Bertz CT molecular complexity index is 884. The molecule has 0 aliphatic carbocycles. The van der Waals surface area contributed by atoms with Gasteiger partial charge in [-0.05, 0) is 42.0 Å². The summed E-state index contributed by atoms with van der Waals surface area (Å²) in [7, 11) is 0. The Labute approximate surface area is 144 Å². The minimum absolute atomic E-state index is 0.538. The first kappa shape index (κ1) is 15.4. The van der Waals surface area contributed by atoms with Crippen LogP contribution >= 0.6 is 23.2 Å². The highest BCUT2D eigenvalue weighted by Gasteiger charge is 2.07. The Morgan fingerprint density at radius 3 is 2.30 bits per heavy atom. The molecule has 4 heteroatoms. The maximum atomic E-state index is 9.34. The van der Waals surface area contributed by atoms with Gasteiger partial charge in [-0.15, -0.1) is 0 Å². The molecular weight excluding hydrogens is 329 g/mol. The summed E-state index contributed by atoms with van der Waals surface area (Å²) in [5.41, 5.74) is 2.18. The van der Waals surface area contributed by atoms with Crippen LogP contribution in [0.4, 0.5) is 0 Å². The largest absolute Gasteiger partial charge is 0.457 e. The molecule has 2 aromatic carbocycles. The van der Waals surface area contributed by atoms with Gasteiger partial charge >= 0.3 is 0 Å². The first-order valence-electron chi connectivity index (χ1n) is 6.89. The van der Waals surface area contributed by atoms with Gasteiger partial charge in [0.15, 0.2) is 0 Å². The predicted octanol–water partition coefficient (Wildman–Crippen LogP) is 6.32. The van der Waals surface area contributed by atoms with Crippen LogP contribution in [-0.2, 0) is 0 Å².